The Morgan fingerprint density at radius 1 is 1.50 bits per heavy atom. The number of benzene rings is 1. The zero-order chi connectivity index (χ0) is 13.0. The molecule has 1 aromatic carbocycles. The predicted molar refractivity (Wildman–Crippen MR) is 71.7 cm³/mol. The van der Waals surface area contributed by atoms with E-state index < -0.39 is 0 Å². The van der Waals surface area contributed by atoms with E-state index in [9.17, 15) is 0 Å². The van der Waals surface area contributed by atoms with Gasteiger partial charge >= 0.3 is 0 Å². The van der Waals surface area contributed by atoms with Gasteiger partial charge in [-0.05, 0) is 30.5 Å². The van der Waals surface area contributed by atoms with Gasteiger partial charge in [0.05, 0.1) is 6.61 Å². The van der Waals surface area contributed by atoms with Crippen molar-refractivity contribution in [2.45, 2.75) is 31.8 Å². The lowest BCUT2D eigenvalue weighted by molar-refractivity contribution is 0.263. The Morgan fingerprint density at radius 3 is 3.06 bits per heavy atom. The van der Waals surface area contributed by atoms with Crippen LogP contribution in [0, 0.1) is 0 Å². The van der Waals surface area contributed by atoms with Crippen molar-refractivity contribution in [3.05, 3.63) is 29.3 Å². The Kier molecular flexibility index (Phi) is 4.58. The predicted octanol–water partition coefficient (Wildman–Crippen LogP) is 0.982. The van der Waals surface area contributed by atoms with E-state index >= 15 is 0 Å². The SMILES string of the molecule is CC(CCO)NC(CN)c1ccc2c(c1)CCO2. The van der Waals surface area contributed by atoms with Gasteiger partial charge in [0.15, 0.2) is 0 Å². The molecule has 0 fully saturated rings. The maximum atomic E-state index is 8.93. The smallest absolute Gasteiger partial charge is 0.122 e. The second-order valence-corrected chi connectivity index (χ2v) is 4.83. The molecule has 2 atom stereocenters. The van der Waals surface area contributed by atoms with Crippen molar-refractivity contribution >= 4 is 0 Å². The number of hydrogen-bond donors (Lipinski definition) is 3. The summed E-state index contributed by atoms with van der Waals surface area (Å²) < 4.78 is 5.50. The minimum Gasteiger partial charge on any atom is -0.493 e. The quantitative estimate of drug-likeness (QED) is 0.704. The zero-order valence-corrected chi connectivity index (χ0v) is 10.9. The van der Waals surface area contributed by atoms with E-state index in [1.165, 1.54) is 11.1 Å². The molecule has 0 bridgehead atoms. The molecule has 0 amide bonds. The molecule has 0 saturated heterocycles. The van der Waals surface area contributed by atoms with Crippen LogP contribution in [0.3, 0.4) is 0 Å². The molecule has 4 heteroatoms. The van der Waals surface area contributed by atoms with Crippen LogP contribution in [-0.4, -0.2) is 30.9 Å². The number of nitrogens with two attached hydrogens (primary N) is 1. The Balaban J connectivity index is 2.07. The average molecular weight is 250 g/mol. The number of fused-ring (bicyclic) bond motifs is 1. The number of aliphatic hydroxyl groups is 1. The summed E-state index contributed by atoms with van der Waals surface area (Å²) in [6.07, 6.45) is 1.72. The van der Waals surface area contributed by atoms with E-state index in [0.717, 1.165) is 25.2 Å². The Morgan fingerprint density at radius 2 is 2.33 bits per heavy atom. The molecule has 1 aliphatic rings. The number of rotatable bonds is 6. The molecular weight excluding hydrogens is 228 g/mol. The minimum atomic E-state index is 0.137. The number of nitrogens with one attached hydrogen (secondary N) is 1. The van der Waals surface area contributed by atoms with Gasteiger partial charge in [0.2, 0.25) is 0 Å². The van der Waals surface area contributed by atoms with Crippen LogP contribution in [0.4, 0.5) is 0 Å². The van der Waals surface area contributed by atoms with Gasteiger partial charge in [0, 0.05) is 31.7 Å². The van der Waals surface area contributed by atoms with E-state index in [0.29, 0.717) is 6.54 Å². The standard InChI is InChI=1S/C14H22N2O2/c1-10(4-6-17)16-13(9-15)11-2-3-14-12(8-11)5-7-18-14/h2-3,8,10,13,16-17H,4-7,9,15H2,1H3. The van der Waals surface area contributed by atoms with E-state index in [1.807, 2.05) is 6.07 Å². The topological polar surface area (TPSA) is 67.5 Å². The first-order chi connectivity index (χ1) is 8.74. The van der Waals surface area contributed by atoms with Crippen LogP contribution >= 0.6 is 0 Å². The first-order valence-corrected chi connectivity index (χ1v) is 6.57. The normalized spacial score (nSPS) is 17.1. The second-order valence-electron chi connectivity index (χ2n) is 4.83. The van der Waals surface area contributed by atoms with Crippen LogP contribution in [0.1, 0.15) is 30.5 Å². The van der Waals surface area contributed by atoms with Gasteiger partial charge < -0.3 is 20.9 Å². The molecule has 1 aliphatic heterocycles. The fraction of sp³-hybridized carbons (Fsp3) is 0.571. The highest BCUT2D eigenvalue weighted by Gasteiger charge is 2.17. The van der Waals surface area contributed by atoms with Gasteiger partial charge in [-0.1, -0.05) is 12.1 Å². The fourth-order valence-electron chi connectivity index (χ4n) is 2.34. The molecule has 2 unspecified atom stereocenters. The lowest BCUT2D eigenvalue weighted by atomic mass is 10.0. The molecule has 0 aromatic heterocycles. The van der Waals surface area contributed by atoms with E-state index in [1.54, 1.807) is 0 Å². The zero-order valence-electron chi connectivity index (χ0n) is 10.9. The molecule has 100 valence electrons. The molecule has 18 heavy (non-hydrogen) atoms. The Bertz CT molecular complexity index is 395. The van der Waals surface area contributed by atoms with Gasteiger partial charge in [-0.25, -0.2) is 0 Å². The van der Waals surface area contributed by atoms with Gasteiger partial charge in [-0.15, -0.1) is 0 Å². The van der Waals surface area contributed by atoms with Crippen LogP contribution in [0.15, 0.2) is 18.2 Å². The molecule has 0 spiro atoms. The van der Waals surface area contributed by atoms with Crippen molar-refractivity contribution in [3.8, 4) is 5.75 Å². The van der Waals surface area contributed by atoms with E-state index in [-0.39, 0.29) is 18.7 Å². The monoisotopic (exact) mass is 250 g/mol. The van der Waals surface area contributed by atoms with Crippen molar-refractivity contribution in [2.24, 2.45) is 5.73 Å². The molecule has 0 saturated carbocycles. The van der Waals surface area contributed by atoms with Crippen molar-refractivity contribution < 1.29 is 9.84 Å². The average Bonchev–Trinajstić information content (AvgIpc) is 2.83. The van der Waals surface area contributed by atoms with Crippen molar-refractivity contribution in [2.75, 3.05) is 19.8 Å². The number of aliphatic hydroxyl groups excluding tert-OH is 1. The third kappa shape index (κ3) is 3.02. The third-order valence-electron chi connectivity index (χ3n) is 3.40. The lowest BCUT2D eigenvalue weighted by Gasteiger charge is -2.22. The van der Waals surface area contributed by atoms with Gasteiger partial charge in [-0.2, -0.15) is 0 Å². The van der Waals surface area contributed by atoms with Crippen molar-refractivity contribution in [3.63, 3.8) is 0 Å². The highest BCUT2D eigenvalue weighted by molar-refractivity contribution is 5.40. The maximum absolute atomic E-state index is 8.93. The summed E-state index contributed by atoms with van der Waals surface area (Å²) in [5, 5.41) is 12.4. The van der Waals surface area contributed by atoms with Crippen molar-refractivity contribution in [1.29, 1.82) is 0 Å². The van der Waals surface area contributed by atoms with E-state index in [4.69, 9.17) is 15.6 Å². The third-order valence-corrected chi connectivity index (χ3v) is 3.40. The number of ether oxygens (including phenoxy) is 1. The van der Waals surface area contributed by atoms with Gasteiger partial charge in [-0.3, -0.25) is 0 Å². The molecule has 0 aliphatic carbocycles. The highest BCUT2D eigenvalue weighted by atomic mass is 16.5. The Labute approximate surface area is 108 Å². The second kappa shape index (κ2) is 6.18. The summed E-state index contributed by atoms with van der Waals surface area (Å²) in [5.41, 5.74) is 8.30. The van der Waals surface area contributed by atoms with Crippen LogP contribution < -0.4 is 15.8 Å². The molecule has 1 aromatic rings. The van der Waals surface area contributed by atoms with Gasteiger partial charge in [0.1, 0.15) is 5.75 Å². The van der Waals surface area contributed by atoms with Crippen molar-refractivity contribution in [1.82, 2.24) is 5.32 Å². The molecular formula is C14H22N2O2. The molecule has 4 N–H and O–H groups in total. The van der Waals surface area contributed by atoms with Crippen LogP contribution in [0.25, 0.3) is 0 Å². The minimum absolute atomic E-state index is 0.137. The molecule has 2 rings (SSSR count). The van der Waals surface area contributed by atoms with Gasteiger partial charge in [0.25, 0.3) is 0 Å². The maximum Gasteiger partial charge on any atom is 0.122 e. The lowest BCUT2D eigenvalue weighted by Crippen LogP contribution is -2.35. The first kappa shape index (κ1) is 13.3. The van der Waals surface area contributed by atoms with Crippen LogP contribution in [0.2, 0.25) is 0 Å². The first-order valence-electron chi connectivity index (χ1n) is 6.57. The van der Waals surface area contributed by atoms with Crippen LogP contribution in [-0.2, 0) is 6.42 Å². The summed E-state index contributed by atoms with van der Waals surface area (Å²) in [5.74, 6) is 0.998. The fourth-order valence-corrected chi connectivity index (χ4v) is 2.34. The summed E-state index contributed by atoms with van der Waals surface area (Å²) in [7, 11) is 0. The molecule has 0 radical (unpaired) electrons. The molecule has 4 nitrogen and oxygen atoms in total. The van der Waals surface area contributed by atoms with E-state index in [2.05, 4.69) is 24.4 Å². The summed E-state index contributed by atoms with van der Waals surface area (Å²) in [4.78, 5) is 0. The largest absolute Gasteiger partial charge is 0.493 e. The highest BCUT2D eigenvalue weighted by Crippen LogP contribution is 2.28. The number of hydrogen-bond acceptors (Lipinski definition) is 4. The summed E-state index contributed by atoms with van der Waals surface area (Å²) in [6.45, 7) is 3.59. The summed E-state index contributed by atoms with van der Waals surface area (Å²) in [6, 6.07) is 6.67. The van der Waals surface area contributed by atoms with Crippen LogP contribution in [0.5, 0.6) is 5.75 Å². The Hall–Kier alpha value is -1.10. The summed E-state index contributed by atoms with van der Waals surface area (Å²) >= 11 is 0. The molecule has 1 heterocycles.